The third-order valence-corrected chi connectivity index (χ3v) is 4.72. The monoisotopic (exact) mass is 305 g/mol. The van der Waals surface area contributed by atoms with E-state index in [1.54, 1.807) is 11.0 Å². The molecule has 4 nitrogen and oxygen atoms in total. The van der Waals surface area contributed by atoms with Crippen molar-refractivity contribution < 1.29 is 5.11 Å². The van der Waals surface area contributed by atoms with Crippen molar-refractivity contribution in [3.05, 3.63) is 47.5 Å². The molecule has 2 atom stereocenters. The van der Waals surface area contributed by atoms with E-state index in [0.29, 0.717) is 6.54 Å². The number of benzene rings is 1. The van der Waals surface area contributed by atoms with Crippen molar-refractivity contribution in [3.63, 3.8) is 0 Å². The Kier molecular flexibility index (Phi) is 4.27. The van der Waals surface area contributed by atoms with Crippen LogP contribution in [0, 0.1) is 5.92 Å². The van der Waals surface area contributed by atoms with Gasteiger partial charge in [-0.05, 0) is 42.9 Å². The summed E-state index contributed by atoms with van der Waals surface area (Å²) in [5.74, 6) is 0.247. The van der Waals surface area contributed by atoms with E-state index < -0.39 is 5.60 Å². The molecule has 21 heavy (non-hydrogen) atoms. The van der Waals surface area contributed by atoms with Crippen molar-refractivity contribution in [2.24, 2.45) is 5.92 Å². The highest BCUT2D eigenvalue weighted by Crippen LogP contribution is 2.37. The lowest BCUT2D eigenvalue weighted by Gasteiger charge is -2.40. The molecular formula is C16H20ClN3O. The van der Waals surface area contributed by atoms with Gasteiger partial charge in [0.05, 0.1) is 12.1 Å². The molecule has 1 aliphatic rings. The number of halogens is 1. The van der Waals surface area contributed by atoms with Gasteiger partial charge in [0, 0.05) is 5.02 Å². The Morgan fingerprint density at radius 1 is 1.29 bits per heavy atom. The van der Waals surface area contributed by atoms with E-state index in [2.05, 4.69) is 10.1 Å². The fourth-order valence-corrected chi connectivity index (χ4v) is 3.42. The fraction of sp³-hybridized carbons (Fsp3) is 0.500. The van der Waals surface area contributed by atoms with Crippen molar-refractivity contribution in [1.82, 2.24) is 14.8 Å². The zero-order valence-electron chi connectivity index (χ0n) is 12.0. The third-order valence-electron chi connectivity index (χ3n) is 4.47. The molecule has 5 heteroatoms. The first-order chi connectivity index (χ1) is 10.2. The van der Waals surface area contributed by atoms with E-state index in [4.69, 9.17) is 11.6 Å². The van der Waals surface area contributed by atoms with Crippen molar-refractivity contribution in [2.75, 3.05) is 0 Å². The summed E-state index contributed by atoms with van der Waals surface area (Å²) in [6.07, 6.45) is 8.19. The smallest absolute Gasteiger partial charge is 0.137 e. The Labute approximate surface area is 129 Å². The molecular weight excluding hydrogens is 286 g/mol. The minimum Gasteiger partial charge on any atom is -0.388 e. The van der Waals surface area contributed by atoms with E-state index in [1.807, 2.05) is 24.3 Å². The Hall–Kier alpha value is -1.39. The topological polar surface area (TPSA) is 50.9 Å². The Morgan fingerprint density at radius 2 is 2.10 bits per heavy atom. The molecule has 1 fully saturated rings. The quantitative estimate of drug-likeness (QED) is 0.944. The van der Waals surface area contributed by atoms with Gasteiger partial charge in [0.1, 0.15) is 12.7 Å². The molecule has 0 aliphatic heterocycles. The van der Waals surface area contributed by atoms with Crippen molar-refractivity contribution >= 4 is 11.6 Å². The van der Waals surface area contributed by atoms with Gasteiger partial charge in [0.15, 0.2) is 0 Å². The van der Waals surface area contributed by atoms with Crippen LogP contribution in [0.1, 0.15) is 31.2 Å². The van der Waals surface area contributed by atoms with Crippen LogP contribution in [-0.4, -0.2) is 25.5 Å². The molecule has 0 radical (unpaired) electrons. The normalized spacial score (nSPS) is 25.9. The Bertz CT molecular complexity index is 570. The lowest BCUT2D eigenvalue weighted by molar-refractivity contribution is -0.0637. The summed E-state index contributed by atoms with van der Waals surface area (Å²) in [5.41, 5.74) is 0.523. The second-order valence-corrected chi connectivity index (χ2v) is 6.41. The highest BCUT2D eigenvalue weighted by molar-refractivity contribution is 6.30. The first kappa shape index (κ1) is 14.5. The molecule has 0 spiro atoms. The molecule has 0 bridgehead atoms. The average molecular weight is 306 g/mol. The highest BCUT2D eigenvalue weighted by atomic mass is 35.5. The van der Waals surface area contributed by atoms with Crippen LogP contribution in [0.25, 0.3) is 0 Å². The fourth-order valence-electron chi connectivity index (χ4n) is 3.29. The summed E-state index contributed by atoms with van der Waals surface area (Å²) >= 11 is 5.94. The van der Waals surface area contributed by atoms with Crippen molar-refractivity contribution in [1.29, 1.82) is 0 Å². The minimum absolute atomic E-state index is 0.247. The van der Waals surface area contributed by atoms with Crippen LogP contribution in [0.15, 0.2) is 36.9 Å². The summed E-state index contributed by atoms with van der Waals surface area (Å²) in [4.78, 5) is 3.96. The minimum atomic E-state index is -0.703. The van der Waals surface area contributed by atoms with Gasteiger partial charge in [0.2, 0.25) is 0 Å². The zero-order valence-corrected chi connectivity index (χ0v) is 12.7. The molecule has 1 saturated carbocycles. The molecule has 0 saturated heterocycles. The maximum absolute atomic E-state index is 11.1. The van der Waals surface area contributed by atoms with Gasteiger partial charge in [-0.1, -0.05) is 36.6 Å². The number of hydrogen-bond donors (Lipinski definition) is 1. The summed E-state index contributed by atoms with van der Waals surface area (Å²) in [6, 6.07) is 7.92. The molecule has 1 N–H and O–H groups in total. The second kappa shape index (κ2) is 6.16. The molecule has 2 aromatic rings. The summed E-state index contributed by atoms with van der Waals surface area (Å²) < 4.78 is 1.74. The van der Waals surface area contributed by atoms with E-state index in [1.165, 1.54) is 18.3 Å². The van der Waals surface area contributed by atoms with Crippen LogP contribution < -0.4 is 0 Å². The molecule has 1 aromatic heterocycles. The molecule has 0 unspecified atom stereocenters. The van der Waals surface area contributed by atoms with Gasteiger partial charge in [0.25, 0.3) is 0 Å². The van der Waals surface area contributed by atoms with Crippen LogP contribution in [0.2, 0.25) is 5.02 Å². The molecule has 1 heterocycles. The van der Waals surface area contributed by atoms with Gasteiger partial charge in [-0.3, -0.25) is 4.68 Å². The number of aliphatic hydroxyl groups is 1. The highest BCUT2D eigenvalue weighted by Gasteiger charge is 2.39. The predicted molar refractivity (Wildman–Crippen MR) is 82.1 cm³/mol. The maximum atomic E-state index is 11.1. The van der Waals surface area contributed by atoms with Crippen LogP contribution >= 0.6 is 11.6 Å². The zero-order chi connectivity index (χ0) is 14.7. The largest absolute Gasteiger partial charge is 0.388 e. The lowest BCUT2D eigenvalue weighted by atomic mass is 9.72. The molecule has 0 amide bonds. The SMILES string of the molecule is O[C@@]1(Cn2cncn2)CCCC[C@@H]1Cc1ccc(Cl)cc1. The lowest BCUT2D eigenvalue weighted by Crippen LogP contribution is -2.45. The number of nitrogens with zero attached hydrogens (tertiary/aromatic N) is 3. The van der Waals surface area contributed by atoms with Crippen LogP contribution in [0.4, 0.5) is 0 Å². The van der Waals surface area contributed by atoms with Crippen molar-refractivity contribution in [2.45, 2.75) is 44.2 Å². The standard InChI is InChI=1S/C16H20ClN3O/c17-15-6-4-13(5-7-15)9-14-3-1-2-8-16(14,21)10-20-12-18-11-19-20/h4-7,11-12,14,21H,1-3,8-10H2/t14-,16-/m1/s1. The number of aromatic nitrogens is 3. The maximum Gasteiger partial charge on any atom is 0.137 e. The Balaban J connectivity index is 1.75. The van der Waals surface area contributed by atoms with E-state index >= 15 is 0 Å². The summed E-state index contributed by atoms with van der Waals surface area (Å²) in [6.45, 7) is 0.519. The Morgan fingerprint density at radius 3 is 2.81 bits per heavy atom. The van der Waals surface area contributed by atoms with Gasteiger partial charge >= 0.3 is 0 Å². The predicted octanol–water partition coefficient (Wildman–Crippen LogP) is 3.10. The van der Waals surface area contributed by atoms with Crippen molar-refractivity contribution in [3.8, 4) is 0 Å². The number of hydrogen-bond acceptors (Lipinski definition) is 3. The van der Waals surface area contributed by atoms with Crippen LogP contribution in [-0.2, 0) is 13.0 Å². The summed E-state index contributed by atoms with van der Waals surface area (Å²) in [5, 5.41) is 16.0. The average Bonchev–Trinajstić information content (AvgIpc) is 2.96. The van der Waals surface area contributed by atoms with Gasteiger partial charge < -0.3 is 5.11 Å². The second-order valence-electron chi connectivity index (χ2n) is 5.97. The number of rotatable bonds is 4. The first-order valence-electron chi connectivity index (χ1n) is 7.45. The van der Waals surface area contributed by atoms with Gasteiger partial charge in [-0.15, -0.1) is 0 Å². The molecule has 1 aromatic carbocycles. The molecule has 1 aliphatic carbocycles. The van der Waals surface area contributed by atoms with E-state index in [9.17, 15) is 5.11 Å². The molecule has 3 rings (SSSR count). The third kappa shape index (κ3) is 3.44. The van der Waals surface area contributed by atoms with Gasteiger partial charge in [-0.25, -0.2) is 4.98 Å². The molecule has 112 valence electrons. The van der Waals surface area contributed by atoms with Gasteiger partial charge in [-0.2, -0.15) is 5.10 Å². The van der Waals surface area contributed by atoms with E-state index in [-0.39, 0.29) is 5.92 Å². The van der Waals surface area contributed by atoms with E-state index in [0.717, 1.165) is 30.7 Å². The van der Waals surface area contributed by atoms with Crippen LogP contribution in [0.3, 0.4) is 0 Å². The summed E-state index contributed by atoms with van der Waals surface area (Å²) in [7, 11) is 0. The van der Waals surface area contributed by atoms with Crippen LogP contribution in [0.5, 0.6) is 0 Å². The first-order valence-corrected chi connectivity index (χ1v) is 7.83.